The summed E-state index contributed by atoms with van der Waals surface area (Å²) in [5.41, 5.74) is 3.72. The lowest BCUT2D eigenvalue weighted by Crippen LogP contribution is -2.11. The summed E-state index contributed by atoms with van der Waals surface area (Å²) in [6, 6.07) is 11.4. The second kappa shape index (κ2) is 6.30. The Hall–Kier alpha value is -2.20. The van der Waals surface area contributed by atoms with Gasteiger partial charge in [-0.15, -0.1) is 0 Å². The van der Waals surface area contributed by atoms with Crippen molar-refractivity contribution in [2.24, 2.45) is 0 Å². The van der Waals surface area contributed by atoms with E-state index < -0.39 is 0 Å². The zero-order chi connectivity index (χ0) is 14.5. The van der Waals surface area contributed by atoms with Gasteiger partial charge < -0.3 is 9.64 Å². The Labute approximate surface area is 119 Å². The first-order valence-corrected chi connectivity index (χ1v) is 6.38. The molecule has 0 unspecified atom stereocenters. The topological polar surface area (TPSA) is 42.4 Å². The maximum atomic E-state index is 11.4. The monoisotopic (exact) mass is 270 g/mol. The highest BCUT2D eigenvalue weighted by atomic mass is 16.5. The van der Waals surface area contributed by atoms with E-state index in [0.29, 0.717) is 5.56 Å². The van der Waals surface area contributed by atoms with E-state index >= 15 is 0 Å². The molecule has 0 spiro atoms. The van der Waals surface area contributed by atoms with Crippen molar-refractivity contribution in [1.29, 1.82) is 0 Å². The molecule has 0 aliphatic heterocycles. The normalized spacial score (nSPS) is 10.6. The average molecular weight is 270 g/mol. The summed E-state index contributed by atoms with van der Waals surface area (Å²) in [7, 11) is 5.41. The number of carbonyl (C=O) groups is 1. The average Bonchev–Trinajstić information content (AvgIpc) is 2.46. The number of aromatic nitrogens is 1. The summed E-state index contributed by atoms with van der Waals surface area (Å²) >= 11 is 0. The predicted octanol–water partition coefficient (Wildman–Crippen LogP) is 2.60. The van der Waals surface area contributed by atoms with Crippen molar-refractivity contribution in [2.75, 3.05) is 21.2 Å². The Kier molecular flexibility index (Phi) is 4.48. The minimum absolute atomic E-state index is 0.320. The van der Waals surface area contributed by atoms with Crippen LogP contribution in [0.5, 0.6) is 0 Å². The molecule has 104 valence electrons. The highest BCUT2D eigenvalue weighted by Gasteiger charge is 2.06. The number of esters is 1. The zero-order valence-electron chi connectivity index (χ0n) is 12.0. The van der Waals surface area contributed by atoms with Crippen molar-refractivity contribution in [3.8, 4) is 11.1 Å². The molecule has 0 atom stereocenters. The molecule has 0 aliphatic carbocycles. The van der Waals surface area contributed by atoms with Gasteiger partial charge in [-0.25, -0.2) is 4.79 Å². The molecule has 0 amide bonds. The van der Waals surface area contributed by atoms with E-state index in [-0.39, 0.29) is 5.97 Å². The molecule has 0 fully saturated rings. The molecule has 2 rings (SSSR count). The third-order valence-electron chi connectivity index (χ3n) is 2.93. The maximum Gasteiger partial charge on any atom is 0.337 e. The first-order chi connectivity index (χ1) is 9.60. The van der Waals surface area contributed by atoms with Crippen LogP contribution in [-0.4, -0.2) is 37.1 Å². The molecule has 0 N–H and O–H groups in total. The molecular formula is C16H18N2O2. The highest BCUT2D eigenvalue weighted by molar-refractivity contribution is 5.89. The van der Waals surface area contributed by atoms with E-state index in [9.17, 15) is 4.79 Å². The molecular weight excluding hydrogens is 252 g/mol. The lowest BCUT2D eigenvalue weighted by molar-refractivity contribution is 0.0601. The lowest BCUT2D eigenvalue weighted by Gasteiger charge is -2.10. The van der Waals surface area contributed by atoms with Gasteiger partial charge in [-0.3, -0.25) is 4.98 Å². The molecule has 0 saturated carbocycles. The van der Waals surface area contributed by atoms with Crippen LogP contribution in [0.2, 0.25) is 0 Å². The van der Waals surface area contributed by atoms with Gasteiger partial charge in [-0.2, -0.15) is 0 Å². The minimum atomic E-state index is -0.320. The summed E-state index contributed by atoms with van der Waals surface area (Å²) in [5, 5.41) is 0. The van der Waals surface area contributed by atoms with Crippen LogP contribution in [0.3, 0.4) is 0 Å². The van der Waals surface area contributed by atoms with Gasteiger partial charge in [-0.1, -0.05) is 12.1 Å². The standard InChI is InChI=1S/C16H18N2O2/c1-18(2)11-15-10-14(8-9-17-15)12-4-6-13(7-5-12)16(19)20-3/h4-10H,11H2,1-3H3. The van der Waals surface area contributed by atoms with E-state index in [2.05, 4.69) is 16.0 Å². The molecule has 0 aliphatic rings. The Balaban J connectivity index is 2.25. The highest BCUT2D eigenvalue weighted by Crippen LogP contribution is 2.20. The molecule has 0 saturated heterocycles. The van der Waals surface area contributed by atoms with Crippen LogP contribution in [0.25, 0.3) is 11.1 Å². The smallest absolute Gasteiger partial charge is 0.337 e. The maximum absolute atomic E-state index is 11.4. The molecule has 0 radical (unpaired) electrons. The number of nitrogens with zero attached hydrogens (tertiary/aromatic N) is 2. The van der Waals surface area contributed by atoms with Crippen molar-refractivity contribution >= 4 is 5.97 Å². The van der Waals surface area contributed by atoms with Crippen LogP contribution in [-0.2, 0) is 11.3 Å². The van der Waals surface area contributed by atoms with Crippen LogP contribution in [0.15, 0.2) is 42.6 Å². The van der Waals surface area contributed by atoms with Crippen molar-refractivity contribution < 1.29 is 9.53 Å². The van der Waals surface area contributed by atoms with Crippen molar-refractivity contribution in [1.82, 2.24) is 9.88 Å². The van der Waals surface area contributed by atoms with Gasteiger partial charge in [0.15, 0.2) is 0 Å². The number of ether oxygens (including phenoxy) is 1. The summed E-state index contributed by atoms with van der Waals surface area (Å²) in [5.74, 6) is -0.320. The molecule has 4 nitrogen and oxygen atoms in total. The first kappa shape index (κ1) is 14.2. The molecule has 1 aromatic heterocycles. The lowest BCUT2D eigenvalue weighted by atomic mass is 10.0. The van der Waals surface area contributed by atoms with Gasteiger partial charge in [0.25, 0.3) is 0 Å². The summed E-state index contributed by atoms with van der Waals surface area (Å²) in [4.78, 5) is 17.8. The number of hydrogen-bond donors (Lipinski definition) is 0. The summed E-state index contributed by atoms with van der Waals surface area (Å²) in [6.07, 6.45) is 1.81. The van der Waals surface area contributed by atoms with Gasteiger partial charge in [0.1, 0.15) is 0 Å². The number of methoxy groups -OCH3 is 1. The Morgan fingerprint density at radius 1 is 1.15 bits per heavy atom. The molecule has 0 bridgehead atoms. The van der Waals surface area contributed by atoms with Crippen LogP contribution < -0.4 is 0 Å². The van der Waals surface area contributed by atoms with Gasteiger partial charge in [-0.05, 0) is 49.5 Å². The van der Waals surface area contributed by atoms with Crippen molar-refractivity contribution in [3.63, 3.8) is 0 Å². The third-order valence-corrected chi connectivity index (χ3v) is 2.93. The quantitative estimate of drug-likeness (QED) is 0.801. The van der Waals surface area contributed by atoms with E-state index in [4.69, 9.17) is 4.74 Å². The number of carbonyl (C=O) groups excluding carboxylic acids is 1. The van der Waals surface area contributed by atoms with Gasteiger partial charge in [0.05, 0.1) is 18.4 Å². The fourth-order valence-electron chi connectivity index (χ4n) is 1.98. The van der Waals surface area contributed by atoms with Crippen LogP contribution in [0, 0.1) is 0 Å². The molecule has 2 aromatic rings. The fraction of sp³-hybridized carbons (Fsp3) is 0.250. The van der Waals surface area contributed by atoms with Crippen LogP contribution >= 0.6 is 0 Å². The Morgan fingerprint density at radius 3 is 2.45 bits per heavy atom. The van der Waals surface area contributed by atoms with E-state index in [1.165, 1.54) is 7.11 Å². The zero-order valence-corrected chi connectivity index (χ0v) is 12.0. The largest absolute Gasteiger partial charge is 0.465 e. The van der Waals surface area contributed by atoms with Crippen LogP contribution in [0.4, 0.5) is 0 Å². The third kappa shape index (κ3) is 3.42. The van der Waals surface area contributed by atoms with Gasteiger partial charge in [0.2, 0.25) is 0 Å². The number of benzene rings is 1. The number of rotatable bonds is 4. The number of hydrogen-bond acceptors (Lipinski definition) is 4. The Bertz CT molecular complexity index is 592. The molecule has 20 heavy (non-hydrogen) atoms. The predicted molar refractivity (Wildman–Crippen MR) is 78.4 cm³/mol. The molecule has 1 aromatic carbocycles. The number of pyridine rings is 1. The van der Waals surface area contributed by atoms with Gasteiger partial charge in [0, 0.05) is 12.7 Å². The van der Waals surface area contributed by atoms with Crippen molar-refractivity contribution in [3.05, 3.63) is 53.9 Å². The molecule has 1 heterocycles. The van der Waals surface area contributed by atoms with Crippen LogP contribution in [0.1, 0.15) is 16.1 Å². The van der Waals surface area contributed by atoms with Gasteiger partial charge >= 0.3 is 5.97 Å². The Morgan fingerprint density at radius 2 is 1.85 bits per heavy atom. The summed E-state index contributed by atoms with van der Waals surface area (Å²) < 4.78 is 4.69. The van der Waals surface area contributed by atoms with E-state index in [1.807, 2.05) is 38.5 Å². The SMILES string of the molecule is COC(=O)c1ccc(-c2ccnc(CN(C)C)c2)cc1. The van der Waals surface area contributed by atoms with Crippen molar-refractivity contribution in [2.45, 2.75) is 6.54 Å². The second-order valence-electron chi connectivity index (χ2n) is 4.84. The fourth-order valence-corrected chi connectivity index (χ4v) is 1.98. The molecule has 4 heteroatoms. The summed E-state index contributed by atoms with van der Waals surface area (Å²) in [6.45, 7) is 0.800. The van der Waals surface area contributed by atoms with E-state index in [1.54, 1.807) is 12.1 Å². The van der Waals surface area contributed by atoms with E-state index in [0.717, 1.165) is 23.4 Å². The first-order valence-electron chi connectivity index (χ1n) is 6.38. The minimum Gasteiger partial charge on any atom is -0.465 e. The second-order valence-corrected chi connectivity index (χ2v) is 4.84.